The van der Waals surface area contributed by atoms with Crippen molar-refractivity contribution in [2.75, 3.05) is 13.2 Å². The molecule has 0 heterocycles. The third kappa shape index (κ3) is 5.66. The largest absolute Gasteiger partial charge is 0.481 e. The van der Waals surface area contributed by atoms with Crippen LogP contribution in [0.4, 0.5) is 4.79 Å². The van der Waals surface area contributed by atoms with Crippen molar-refractivity contribution in [2.45, 2.75) is 51.5 Å². The number of carbonyl (C=O) groups is 3. The molecule has 4 rings (SSSR count). The lowest BCUT2D eigenvalue weighted by Gasteiger charge is -2.29. The molecular weight excluding hydrogens is 444 g/mol. The maximum absolute atomic E-state index is 12.5. The van der Waals surface area contributed by atoms with E-state index in [1.54, 1.807) is 0 Å². The van der Waals surface area contributed by atoms with Gasteiger partial charge in [-0.3, -0.25) is 9.59 Å². The van der Waals surface area contributed by atoms with Gasteiger partial charge < -0.3 is 20.5 Å². The monoisotopic (exact) mass is 478 g/mol. The normalized spacial score (nSPS) is 20.0. The highest BCUT2D eigenvalue weighted by atomic mass is 16.5. The minimum Gasteiger partial charge on any atom is -0.481 e. The SMILES string of the molecule is CC(C)C(CNC(=O)C1CCC(NC(=O)OCC2c3ccccc3-c3ccccc32)CC1)C(=O)O. The van der Waals surface area contributed by atoms with Gasteiger partial charge in [-0.25, -0.2) is 4.79 Å². The number of hydrogen-bond acceptors (Lipinski definition) is 4. The molecule has 35 heavy (non-hydrogen) atoms. The third-order valence-corrected chi connectivity index (χ3v) is 7.38. The van der Waals surface area contributed by atoms with Crippen molar-refractivity contribution in [2.24, 2.45) is 17.8 Å². The Morgan fingerprint density at radius 3 is 2.06 bits per heavy atom. The number of ether oxygens (including phenoxy) is 1. The molecule has 0 aliphatic heterocycles. The molecule has 1 unspecified atom stereocenters. The van der Waals surface area contributed by atoms with Gasteiger partial charge in [0.1, 0.15) is 6.61 Å². The summed E-state index contributed by atoms with van der Waals surface area (Å²) in [5, 5.41) is 15.1. The lowest BCUT2D eigenvalue weighted by molar-refractivity contribution is -0.143. The Kier molecular flexibility index (Phi) is 7.73. The quantitative estimate of drug-likeness (QED) is 0.516. The summed E-state index contributed by atoms with van der Waals surface area (Å²) in [7, 11) is 0. The Balaban J connectivity index is 1.23. The van der Waals surface area contributed by atoms with Crippen molar-refractivity contribution in [3.8, 4) is 11.1 Å². The van der Waals surface area contributed by atoms with Crippen molar-refractivity contribution in [3.05, 3.63) is 59.7 Å². The van der Waals surface area contributed by atoms with E-state index in [0.717, 1.165) is 0 Å². The second-order valence-corrected chi connectivity index (χ2v) is 9.95. The number of carboxylic acid groups (broad SMARTS) is 1. The molecule has 0 saturated heterocycles. The number of amides is 2. The van der Waals surface area contributed by atoms with E-state index in [-0.39, 0.29) is 42.9 Å². The molecule has 0 radical (unpaired) electrons. The molecule has 7 heteroatoms. The average molecular weight is 479 g/mol. The summed E-state index contributed by atoms with van der Waals surface area (Å²) in [6, 6.07) is 16.4. The predicted molar refractivity (Wildman–Crippen MR) is 133 cm³/mol. The van der Waals surface area contributed by atoms with Gasteiger partial charge in [0.05, 0.1) is 5.92 Å². The van der Waals surface area contributed by atoms with Crippen molar-refractivity contribution >= 4 is 18.0 Å². The summed E-state index contributed by atoms with van der Waals surface area (Å²) < 4.78 is 5.64. The van der Waals surface area contributed by atoms with E-state index in [4.69, 9.17) is 4.74 Å². The highest BCUT2D eigenvalue weighted by Crippen LogP contribution is 2.44. The van der Waals surface area contributed by atoms with E-state index < -0.39 is 18.0 Å². The van der Waals surface area contributed by atoms with E-state index >= 15 is 0 Å². The molecule has 0 aromatic heterocycles. The molecule has 1 fully saturated rings. The highest BCUT2D eigenvalue weighted by molar-refractivity contribution is 5.80. The third-order valence-electron chi connectivity index (χ3n) is 7.38. The summed E-state index contributed by atoms with van der Waals surface area (Å²) in [5.74, 6) is -1.77. The number of hydrogen-bond donors (Lipinski definition) is 3. The molecule has 2 amide bonds. The molecule has 2 aliphatic carbocycles. The Morgan fingerprint density at radius 1 is 0.943 bits per heavy atom. The Bertz CT molecular complexity index is 1030. The van der Waals surface area contributed by atoms with Crippen LogP contribution in [0.15, 0.2) is 48.5 Å². The van der Waals surface area contributed by atoms with Crippen molar-refractivity contribution in [1.29, 1.82) is 0 Å². The van der Waals surface area contributed by atoms with Crippen LogP contribution >= 0.6 is 0 Å². The van der Waals surface area contributed by atoms with Crippen LogP contribution in [0, 0.1) is 17.8 Å². The fourth-order valence-corrected chi connectivity index (χ4v) is 5.27. The minimum atomic E-state index is -0.892. The zero-order valence-corrected chi connectivity index (χ0v) is 20.3. The standard InChI is InChI=1S/C28H34N2O5/c1-17(2)24(27(32)33)15-29-26(31)18-11-13-19(14-12-18)30-28(34)35-16-25-22-9-5-3-7-20(22)21-8-4-6-10-23(21)25/h3-10,17-19,24-25H,11-16H2,1-2H3,(H,29,31)(H,30,34)(H,32,33). The molecule has 2 aliphatic rings. The number of fused-ring (bicyclic) bond motifs is 3. The van der Waals surface area contributed by atoms with E-state index in [2.05, 4.69) is 34.9 Å². The van der Waals surface area contributed by atoms with Crippen LogP contribution < -0.4 is 10.6 Å². The fraction of sp³-hybridized carbons (Fsp3) is 0.464. The summed E-state index contributed by atoms with van der Waals surface area (Å²) in [6.07, 6.45) is 2.25. The number of carboxylic acids is 1. The average Bonchev–Trinajstić information content (AvgIpc) is 3.16. The van der Waals surface area contributed by atoms with Crippen LogP contribution in [-0.2, 0) is 14.3 Å². The smallest absolute Gasteiger partial charge is 0.407 e. The number of carbonyl (C=O) groups excluding carboxylic acids is 2. The first-order chi connectivity index (χ1) is 16.8. The van der Waals surface area contributed by atoms with Gasteiger partial charge in [0.2, 0.25) is 5.91 Å². The number of benzene rings is 2. The van der Waals surface area contributed by atoms with Crippen LogP contribution in [0.3, 0.4) is 0 Å². The Labute approximate surface area is 206 Å². The molecule has 2 aromatic rings. The first-order valence-corrected chi connectivity index (χ1v) is 12.5. The van der Waals surface area contributed by atoms with E-state index in [1.807, 2.05) is 38.1 Å². The van der Waals surface area contributed by atoms with Gasteiger partial charge >= 0.3 is 12.1 Å². The zero-order chi connectivity index (χ0) is 24.9. The second kappa shape index (κ2) is 10.9. The summed E-state index contributed by atoms with van der Waals surface area (Å²) in [4.78, 5) is 36.4. The van der Waals surface area contributed by atoms with Crippen LogP contribution in [-0.4, -0.2) is 42.3 Å². The molecule has 1 atom stereocenters. The maximum atomic E-state index is 12.5. The van der Waals surface area contributed by atoms with Gasteiger partial charge in [-0.05, 0) is 53.9 Å². The number of nitrogens with one attached hydrogen (secondary N) is 2. The molecule has 3 N–H and O–H groups in total. The summed E-state index contributed by atoms with van der Waals surface area (Å²) in [5.41, 5.74) is 4.74. The van der Waals surface area contributed by atoms with Gasteiger partial charge in [-0.15, -0.1) is 0 Å². The van der Waals surface area contributed by atoms with Crippen LogP contribution in [0.25, 0.3) is 11.1 Å². The van der Waals surface area contributed by atoms with Gasteiger partial charge in [0.15, 0.2) is 0 Å². The number of aliphatic carboxylic acids is 1. The van der Waals surface area contributed by atoms with Crippen LogP contribution in [0.5, 0.6) is 0 Å². The summed E-state index contributed by atoms with van der Waals surface area (Å²) in [6.45, 7) is 4.10. The van der Waals surface area contributed by atoms with E-state index in [1.165, 1.54) is 22.3 Å². The molecule has 186 valence electrons. The number of alkyl carbamates (subject to hydrolysis) is 1. The van der Waals surface area contributed by atoms with Gasteiger partial charge in [0.25, 0.3) is 0 Å². The predicted octanol–water partition coefficient (Wildman–Crippen LogP) is 4.56. The maximum Gasteiger partial charge on any atom is 0.407 e. The van der Waals surface area contributed by atoms with Crippen molar-refractivity contribution in [1.82, 2.24) is 10.6 Å². The van der Waals surface area contributed by atoms with Gasteiger partial charge in [-0.2, -0.15) is 0 Å². The molecule has 0 bridgehead atoms. The van der Waals surface area contributed by atoms with Crippen LogP contribution in [0.1, 0.15) is 56.6 Å². The zero-order valence-electron chi connectivity index (χ0n) is 20.3. The second-order valence-electron chi connectivity index (χ2n) is 9.95. The number of rotatable bonds is 8. The van der Waals surface area contributed by atoms with Crippen molar-refractivity contribution < 1.29 is 24.2 Å². The first kappa shape index (κ1) is 24.8. The molecular formula is C28H34N2O5. The topological polar surface area (TPSA) is 105 Å². The molecule has 2 aromatic carbocycles. The van der Waals surface area contributed by atoms with E-state index in [0.29, 0.717) is 25.7 Å². The molecule has 0 spiro atoms. The van der Waals surface area contributed by atoms with Gasteiger partial charge in [0, 0.05) is 24.4 Å². The molecule has 1 saturated carbocycles. The fourth-order valence-electron chi connectivity index (χ4n) is 5.27. The van der Waals surface area contributed by atoms with Crippen molar-refractivity contribution in [3.63, 3.8) is 0 Å². The lowest BCUT2D eigenvalue weighted by Crippen LogP contribution is -2.43. The van der Waals surface area contributed by atoms with Crippen LogP contribution in [0.2, 0.25) is 0 Å². The lowest BCUT2D eigenvalue weighted by atomic mass is 9.85. The van der Waals surface area contributed by atoms with E-state index in [9.17, 15) is 19.5 Å². The van der Waals surface area contributed by atoms with Gasteiger partial charge in [-0.1, -0.05) is 62.4 Å². The molecule has 7 nitrogen and oxygen atoms in total. The Morgan fingerprint density at radius 2 is 1.51 bits per heavy atom. The minimum absolute atomic E-state index is 0.0213. The highest BCUT2D eigenvalue weighted by Gasteiger charge is 2.31. The summed E-state index contributed by atoms with van der Waals surface area (Å²) >= 11 is 0. The first-order valence-electron chi connectivity index (χ1n) is 12.5. The Hall–Kier alpha value is -3.35.